The zero-order valence-corrected chi connectivity index (χ0v) is 16.3. The molecule has 0 unspecified atom stereocenters. The van der Waals surface area contributed by atoms with Gasteiger partial charge in [0, 0.05) is 37.7 Å². The highest BCUT2D eigenvalue weighted by Gasteiger charge is 2.39. The molecule has 2 aromatic heterocycles. The summed E-state index contributed by atoms with van der Waals surface area (Å²) < 4.78 is 7.83. The molecule has 0 saturated carbocycles. The maximum Gasteiger partial charge on any atom is 0.274 e. The van der Waals surface area contributed by atoms with Crippen LogP contribution >= 0.6 is 0 Å². The molecule has 1 spiro atoms. The monoisotopic (exact) mass is 388 g/mol. The van der Waals surface area contributed by atoms with Crippen LogP contribution in [0.3, 0.4) is 0 Å². The van der Waals surface area contributed by atoms with Gasteiger partial charge in [0.05, 0.1) is 17.0 Å². The van der Waals surface area contributed by atoms with Crippen molar-refractivity contribution in [3.05, 3.63) is 66.6 Å². The molecule has 0 atom stereocenters. The van der Waals surface area contributed by atoms with E-state index in [2.05, 4.69) is 4.98 Å². The molecule has 5 rings (SSSR count). The fourth-order valence-corrected chi connectivity index (χ4v) is 4.41. The van der Waals surface area contributed by atoms with Crippen molar-refractivity contribution in [3.63, 3.8) is 0 Å². The largest absolute Gasteiger partial charge is 0.375 e. The fraction of sp³-hybridized carbons (Fsp3) is 0.348. The zero-order valence-electron chi connectivity index (χ0n) is 16.3. The Hall–Kier alpha value is -2.99. The van der Waals surface area contributed by atoms with Crippen LogP contribution in [0.5, 0.6) is 0 Å². The molecule has 3 aromatic rings. The van der Waals surface area contributed by atoms with Crippen molar-refractivity contribution < 1.29 is 9.53 Å². The van der Waals surface area contributed by atoms with Gasteiger partial charge in [0.15, 0.2) is 5.69 Å². The number of para-hydroxylation sites is 1. The van der Waals surface area contributed by atoms with E-state index in [1.165, 1.54) is 0 Å². The SMILES string of the molecule is O=C(c1cc(-c2ccncc2)n(-c2ccccc2)n1)N1CCC2(CCCO2)CC1. The molecule has 2 fully saturated rings. The Morgan fingerprint density at radius 3 is 2.45 bits per heavy atom. The molecule has 1 aromatic carbocycles. The Labute approximate surface area is 170 Å². The Morgan fingerprint density at radius 1 is 1.00 bits per heavy atom. The number of ether oxygens (including phenoxy) is 1. The summed E-state index contributed by atoms with van der Waals surface area (Å²) in [5.41, 5.74) is 3.27. The molecule has 2 aliphatic rings. The molecule has 148 valence electrons. The summed E-state index contributed by atoms with van der Waals surface area (Å²) in [4.78, 5) is 19.3. The van der Waals surface area contributed by atoms with Crippen LogP contribution in [0.15, 0.2) is 60.9 Å². The summed E-state index contributed by atoms with van der Waals surface area (Å²) in [6.45, 7) is 2.30. The summed E-state index contributed by atoms with van der Waals surface area (Å²) in [5, 5.41) is 4.69. The number of likely N-dealkylation sites (tertiary alicyclic amines) is 1. The molecule has 6 heteroatoms. The van der Waals surface area contributed by atoms with Crippen molar-refractivity contribution in [2.24, 2.45) is 0 Å². The molecule has 0 N–H and O–H groups in total. The molecule has 2 aliphatic heterocycles. The van der Waals surface area contributed by atoms with Crippen molar-refractivity contribution in [1.82, 2.24) is 19.7 Å². The van der Waals surface area contributed by atoms with Crippen LogP contribution in [0.25, 0.3) is 16.9 Å². The van der Waals surface area contributed by atoms with E-state index in [1.54, 1.807) is 12.4 Å². The molecule has 0 aliphatic carbocycles. The van der Waals surface area contributed by atoms with Gasteiger partial charge in [0.25, 0.3) is 5.91 Å². The number of hydrogen-bond acceptors (Lipinski definition) is 4. The first-order valence-corrected chi connectivity index (χ1v) is 10.2. The van der Waals surface area contributed by atoms with Crippen LogP contribution < -0.4 is 0 Å². The molecule has 6 nitrogen and oxygen atoms in total. The number of rotatable bonds is 3. The van der Waals surface area contributed by atoms with Gasteiger partial charge in [-0.2, -0.15) is 5.10 Å². The topological polar surface area (TPSA) is 60.2 Å². The molecule has 29 heavy (non-hydrogen) atoms. The number of nitrogens with zero attached hydrogens (tertiary/aromatic N) is 4. The van der Waals surface area contributed by atoms with Crippen LogP contribution in [0.2, 0.25) is 0 Å². The minimum atomic E-state index is -0.0113. The van der Waals surface area contributed by atoms with Crippen molar-refractivity contribution in [3.8, 4) is 16.9 Å². The van der Waals surface area contributed by atoms with E-state index in [9.17, 15) is 4.79 Å². The quantitative estimate of drug-likeness (QED) is 0.686. The third-order valence-electron chi connectivity index (χ3n) is 6.05. The van der Waals surface area contributed by atoms with Gasteiger partial charge in [0.2, 0.25) is 0 Å². The van der Waals surface area contributed by atoms with Crippen LogP contribution in [0, 0.1) is 0 Å². The number of benzene rings is 1. The first-order chi connectivity index (χ1) is 14.2. The summed E-state index contributed by atoms with van der Waals surface area (Å²) in [5.74, 6) is -0.0113. The number of piperidine rings is 1. The van der Waals surface area contributed by atoms with E-state index in [1.807, 2.05) is 58.1 Å². The summed E-state index contributed by atoms with van der Waals surface area (Å²) in [6.07, 6.45) is 7.58. The molecule has 1 amide bonds. The van der Waals surface area contributed by atoms with Crippen molar-refractivity contribution in [2.75, 3.05) is 19.7 Å². The lowest BCUT2D eigenvalue weighted by molar-refractivity contribution is -0.0388. The third kappa shape index (κ3) is 3.44. The maximum absolute atomic E-state index is 13.2. The van der Waals surface area contributed by atoms with Gasteiger partial charge in [-0.3, -0.25) is 9.78 Å². The number of hydrogen-bond donors (Lipinski definition) is 0. The van der Waals surface area contributed by atoms with Crippen molar-refractivity contribution >= 4 is 5.91 Å². The van der Waals surface area contributed by atoms with Crippen LogP contribution in [0.1, 0.15) is 36.2 Å². The highest BCUT2D eigenvalue weighted by molar-refractivity contribution is 5.93. The van der Waals surface area contributed by atoms with Crippen LogP contribution in [-0.4, -0.2) is 50.9 Å². The Balaban J connectivity index is 1.45. The molecule has 4 heterocycles. The average molecular weight is 388 g/mol. The van der Waals surface area contributed by atoms with E-state index in [0.29, 0.717) is 5.69 Å². The number of pyridine rings is 1. The van der Waals surface area contributed by atoms with E-state index < -0.39 is 0 Å². The number of amides is 1. The molecular weight excluding hydrogens is 364 g/mol. The van der Waals surface area contributed by atoms with Gasteiger partial charge in [0.1, 0.15) is 0 Å². The lowest BCUT2D eigenvalue weighted by atomic mass is 9.88. The summed E-state index contributed by atoms with van der Waals surface area (Å²) >= 11 is 0. The number of carbonyl (C=O) groups excluding carboxylic acids is 1. The van der Waals surface area contributed by atoms with E-state index in [-0.39, 0.29) is 11.5 Å². The second kappa shape index (κ2) is 7.44. The Morgan fingerprint density at radius 2 is 1.76 bits per heavy atom. The smallest absolute Gasteiger partial charge is 0.274 e. The Kier molecular flexibility index (Phi) is 4.64. The first-order valence-electron chi connectivity index (χ1n) is 10.2. The highest BCUT2D eigenvalue weighted by atomic mass is 16.5. The molecule has 0 bridgehead atoms. The van der Waals surface area contributed by atoms with Gasteiger partial charge in [-0.25, -0.2) is 4.68 Å². The van der Waals surface area contributed by atoms with Gasteiger partial charge < -0.3 is 9.64 Å². The normalized spacial score (nSPS) is 18.3. The van der Waals surface area contributed by atoms with Gasteiger partial charge >= 0.3 is 0 Å². The second-order valence-corrected chi connectivity index (χ2v) is 7.83. The minimum absolute atomic E-state index is 0.00236. The number of carbonyl (C=O) groups is 1. The van der Waals surface area contributed by atoms with Crippen LogP contribution in [-0.2, 0) is 4.74 Å². The van der Waals surface area contributed by atoms with Gasteiger partial charge in [-0.15, -0.1) is 0 Å². The van der Waals surface area contributed by atoms with Crippen molar-refractivity contribution in [2.45, 2.75) is 31.3 Å². The number of aromatic nitrogens is 3. The lowest BCUT2D eigenvalue weighted by Gasteiger charge is -2.38. The minimum Gasteiger partial charge on any atom is -0.375 e. The summed E-state index contributed by atoms with van der Waals surface area (Å²) in [6, 6.07) is 15.7. The molecule has 0 radical (unpaired) electrons. The lowest BCUT2D eigenvalue weighted by Crippen LogP contribution is -2.46. The molecular formula is C23H24N4O2. The molecule has 2 saturated heterocycles. The Bertz CT molecular complexity index is 927. The first kappa shape index (κ1) is 18.1. The zero-order chi connectivity index (χ0) is 19.7. The predicted octanol–water partition coefficient (Wildman–Crippen LogP) is 3.72. The van der Waals surface area contributed by atoms with Crippen molar-refractivity contribution in [1.29, 1.82) is 0 Å². The van der Waals surface area contributed by atoms with E-state index in [0.717, 1.165) is 62.3 Å². The highest BCUT2D eigenvalue weighted by Crippen LogP contribution is 2.36. The fourth-order valence-electron chi connectivity index (χ4n) is 4.41. The third-order valence-corrected chi connectivity index (χ3v) is 6.05. The van der Waals surface area contributed by atoms with E-state index >= 15 is 0 Å². The second-order valence-electron chi connectivity index (χ2n) is 7.83. The van der Waals surface area contributed by atoms with Gasteiger partial charge in [-0.05, 0) is 56.0 Å². The van der Waals surface area contributed by atoms with Crippen LogP contribution in [0.4, 0.5) is 0 Å². The maximum atomic E-state index is 13.2. The predicted molar refractivity (Wildman–Crippen MR) is 110 cm³/mol. The summed E-state index contributed by atoms with van der Waals surface area (Å²) in [7, 11) is 0. The standard InChI is InChI=1S/C23H24N4O2/c28-22(26-14-10-23(11-15-26)9-4-16-29-23)20-17-21(18-7-12-24-13-8-18)27(25-20)19-5-2-1-3-6-19/h1-3,5-8,12-13,17H,4,9-11,14-16H2. The van der Waals surface area contributed by atoms with E-state index in [4.69, 9.17) is 9.84 Å². The van der Waals surface area contributed by atoms with Gasteiger partial charge in [-0.1, -0.05) is 18.2 Å². The average Bonchev–Trinajstić information content (AvgIpc) is 3.43.